The van der Waals surface area contributed by atoms with Gasteiger partial charge in [0.1, 0.15) is 11.9 Å². The van der Waals surface area contributed by atoms with E-state index in [1.807, 2.05) is 6.07 Å². The molecule has 1 aromatic rings. The average Bonchev–Trinajstić information content (AvgIpc) is 2.78. The minimum absolute atomic E-state index is 0.157. The van der Waals surface area contributed by atoms with Gasteiger partial charge in [-0.2, -0.15) is 0 Å². The van der Waals surface area contributed by atoms with Crippen molar-refractivity contribution in [2.24, 2.45) is 17.3 Å². The van der Waals surface area contributed by atoms with Crippen LogP contribution < -0.4 is 0 Å². The highest BCUT2D eigenvalue weighted by molar-refractivity contribution is 5.66. The van der Waals surface area contributed by atoms with E-state index in [9.17, 15) is 15.0 Å². The summed E-state index contributed by atoms with van der Waals surface area (Å²) in [7, 11) is 0. The number of hydrogen-bond donors (Lipinski definition) is 2. The van der Waals surface area contributed by atoms with Gasteiger partial charge in [0.2, 0.25) is 0 Å². The summed E-state index contributed by atoms with van der Waals surface area (Å²) in [6, 6.07) is 5.78. The van der Waals surface area contributed by atoms with Crippen molar-refractivity contribution in [3.8, 4) is 5.75 Å². The smallest absolute Gasteiger partial charge is 0.302 e. The van der Waals surface area contributed by atoms with Crippen molar-refractivity contribution in [2.75, 3.05) is 0 Å². The molecule has 0 spiro atoms. The van der Waals surface area contributed by atoms with Crippen LogP contribution in [0.2, 0.25) is 0 Å². The molecule has 1 aromatic carbocycles. The molecule has 130 valence electrons. The second-order valence-electron chi connectivity index (χ2n) is 8.17. The van der Waals surface area contributed by atoms with Crippen LogP contribution in [0.1, 0.15) is 56.6 Å². The topological polar surface area (TPSA) is 66.8 Å². The molecular formula is C20H26O4. The van der Waals surface area contributed by atoms with E-state index in [4.69, 9.17) is 4.74 Å². The van der Waals surface area contributed by atoms with Gasteiger partial charge in [-0.1, -0.05) is 13.0 Å². The number of hydrogen-bond acceptors (Lipinski definition) is 4. The number of aliphatic hydroxyl groups is 1. The second-order valence-corrected chi connectivity index (χ2v) is 8.17. The molecule has 0 saturated heterocycles. The molecule has 2 N–H and O–H groups in total. The van der Waals surface area contributed by atoms with Gasteiger partial charge in [0.05, 0.1) is 6.10 Å². The van der Waals surface area contributed by atoms with Crippen molar-refractivity contribution >= 4 is 5.97 Å². The van der Waals surface area contributed by atoms with Gasteiger partial charge in [-0.05, 0) is 73.1 Å². The number of rotatable bonds is 1. The molecule has 0 radical (unpaired) electrons. The monoisotopic (exact) mass is 330 g/mol. The number of esters is 1. The minimum Gasteiger partial charge on any atom is -0.508 e. The van der Waals surface area contributed by atoms with Gasteiger partial charge in [-0.25, -0.2) is 0 Å². The maximum Gasteiger partial charge on any atom is 0.302 e. The van der Waals surface area contributed by atoms with Crippen LogP contribution in [0.4, 0.5) is 0 Å². The molecule has 4 heteroatoms. The van der Waals surface area contributed by atoms with Gasteiger partial charge in [-0.3, -0.25) is 4.79 Å². The largest absolute Gasteiger partial charge is 0.508 e. The van der Waals surface area contributed by atoms with E-state index in [1.54, 1.807) is 6.07 Å². The summed E-state index contributed by atoms with van der Waals surface area (Å²) in [6.07, 6.45) is 3.92. The first-order chi connectivity index (χ1) is 11.4. The normalized spacial score (nSPS) is 40.4. The molecule has 4 nitrogen and oxygen atoms in total. The fourth-order valence-electron chi connectivity index (χ4n) is 5.86. The number of phenols is 1. The van der Waals surface area contributed by atoms with Gasteiger partial charge < -0.3 is 14.9 Å². The number of carbonyl (C=O) groups is 1. The number of phenolic OH excluding ortho intramolecular Hbond substituents is 1. The lowest BCUT2D eigenvalue weighted by Gasteiger charge is -2.49. The highest BCUT2D eigenvalue weighted by Crippen LogP contribution is 2.61. The summed E-state index contributed by atoms with van der Waals surface area (Å²) < 4.78 is 5.42. The summed E-state index contributed by atoms with van der Waals surface area (Å²) in [5.74, 6) is 1.45. The first-order valence-corrected chi connectivity index (χ1v) is 9.07. The lowest BCUT2D eigenvalue weighted by atomic mass is 9.55. The standard InChI is InChI=1S/C20H26O4/c1-11(21)24-18-10-17-16-5-3-12-9-13(22)4-6-14(12)15(16)7-8-20(17,2)19(18)23/h4,6,9,15-19,22-23H,3,5,7-8,10H2,1-2H3/t15-,16-,17+,18+,19+,20+/m1/s1. The summed E-state index contributed by atoms with van der Waals surface area (Å²) in [5, 5.41) is 20.6. The Morgan fingerprint density at radius 1 is 1.33 bits per heavy atom. The maximum atomic E-state index is 11.4. The number of benzene rings is 1. The molecule has 3 aliphatic carbocycles. The van der Waals surface area contributed by atoms with E-state index < -0.39 is 6.10 Å². The van der Waals surface area contributed by atoms with Crippen molar-refractivity contribution < 1.29 is 19.7 Å². The van der Waals surface area contributed by atoms with Crippen LogP contribution in [-0.4, -0.2) is 28.4 Å². The van der Waals surface area contributed by atoms with Crippen molar-refractivity contribution in [3.63, 3.8) is 0 Å². The average molecular weight is 330 g/mol. The summed E-state index contributed by atoms with van der Waals surface area (Å²) in [5.41, 5.74) is 2.49. The van der Waals surface area contributed by atoms with Crippen LogP contribution in [0.15, 0.2) is 18.2 Å². The van der Waals surface area contributed by atoms with Crippen molar-refractivity contribution in [2.45, 2.75) is 64.1 Å². The third-order valence-electron chi connectivity index (χ3n) is 6.98. The maximum absolute atomic E-state index is 11.4. The van der Waals surface area contributed by atoms with Crippen molar-refractivity contribution in [3.05, 3.63) is 29.3 Å². The zero-order valence-corrected chi connectivity index (χ0v) is 14.4. The SMILES string of the molecule is CC(=O)O[C@H]1C[C@H]2[C@@H]3CCc4cc(O)ccc4[C@H]3CC[C@]2(C)[C@H]1O. The number of aryl methyl sites for hydroxylation is 1. The van der Waals surface area contributed by atoms with Crippen LogP contribution in [-0.2, 0) is 16.0 Å². The van der Waals surface area contributed by atoms with Gasteiger partial charge in [0.15, 0.2) is 0 Å². The molecule has 2 fully saturated rings. The van der Waals surface area contributed by atoms with E-state index in [-0.39, 0.29) is 17.5 Å². The number of ether oxygens (including phenoxy) is 1. The lowest BCUT2D eigenvalue weighted by Crippen LogP contribution is -2.45. The van der Waals surface area contributed by atoms with Crippen LogP contribution in [0.25, 0.3) is 0 Å². The van der Waals surface area contributed by atoms with Gasteiger partial charge in [0, 0.05) is 12.3 Å². The molecule has 0 unspecified atom stereocenters. The zero-order valence-electron chi connectivity index (χ0n) is 14.4. The third kappa shape index (κ3) is 2.26. The molecule has 6 atom stereocenters. The first-order valence-electron chi connectivity index (χ1n) is 9.07. The number of fused-ring (bicyclic) bond motifs is 5. The Kier molecular flexibility index (Phi) is 3.64. The molecule has 2 saturated carbocycles. The van der Waals surface area contributed by atoms with E-state index in [0.717, 1.165) is 32.1 Å². The molecule has 4 rings (SSSR count). The minimum atomic E-state index is -0.562. The van der Waals surface area contributed by atoms with Crippen LogP contribution >= 0.6 is 0 Å². The third-order valence-corrected chi connectivity index (χ3v) is 6.98. The molecule has 0 aliphatic heterocycles. The number of aliphatic hydroxyl groups excluding tert-OH is 1. The molecular weight excluding hydrogens is 304 g/mol. The summed E-state index contributed by atoms with van der Waals surface area (Å²) in [4.78, 5) is 11.4. The van der Waals surface area contributed by atoms with E-state index in [2.05, 4.69) is 13.0 Å². The first kappa shape index (κ1) is 15.9. The summed E-state index contributed by atoms with van der Waals surface area (Å²) >= 11 is 0. The van der Waals surface area contributed by atoms with Crippen LogP contribution in [0.3, 0.4) is 0 Å². The highest BCUT2D eigenvalue weighted by Gasteiger charge is 2.59. The Morgan fingerprint density at radius 2 is 2.12 bits per heavy atom. The predicted molar refractivity (Wildman–Crippen MR) is 89.7 cm³/mol. The fourth-order valence-corrected chi connectivity index (χ4v) is 5.86. The molecule has 0 amide bonds. The molecule has 0 bridgehead atoms. The van der Waals surface area contributed by atoms with Gasteiger partial charge >= 0.3 is 5.97 Å². The quantitative estimate of drug-likeness (QED) is 0.776. The van der Waals surface area contributed by atoms with Gasteiger partial charge in [0.25, 0.3) is 0 Å². The molecule has 0 heterocycles. The molecule has 24 heavy (non-hydrogen) atoms. The van der Waals surface area contributed by atoms with E-state index in [0.29, 0.717) is 23.5 Å². The zero-order chi connectivity index (χ0) is 17.1. The fraction of sp³-hybridized carbons (Fsp3) is 0.650. The Morgan fingerprint density at radius 3 is 2.88 bits per heavy atom. The lowest BCUT2D eigenvalue weighted by molar-refractivity contribution is -0.153. The number of carbonyl (C=O) groups excluding carboxylic acids is 1. The van der Waals surface area contributed by atoms with Crippen molar-refractivity contribution in [1.29, 1.82) is 0 Å². The number of aromatic hydroxyl groups is 1. The van der Waals surface area contributed by atoms with E-state index >= 15 is 0 Å². The Balaban J connectivity index is 1.65. The van der Waals surface area contributed by atoms with Crippen LogP contribution in [0.5, 0.6) is 5.75 Å². The van der Waals surface area contributed by atoms with E-state index in [1.165, 1.54) is 18.1 Å². The van der Waals surface area contributed by atoms with Gasteiger partial charge in [-0.15, -0.1) is 0 Å². The Labute approximate surface area is 142 Å². The Bertz CT molecular complexity index is 670. The predicted octanol–water partition coefficient (Wildman–Crippen LogP) is 3.15. The summed E-state index contributed by atoms with van der Waals surface area (Å²) in [6.45, 7) is 3.59. The molecule has 3 aliphatic rings. The molecule has 0 aromatic heterocycles. The van der Waals surface area contributed by atoms with Crippen molar-refractivity contribution in [1.82, 2.24) is 0 Å². The highest BCUT2D eigenvalue weighted by atomic mass is 16.6. The van der Waals surface area contributed by atoms with Crippen LogP contribution in [0, 0.1) is 17.3 Å². The second kappa shape index (κ2) is 5.48. The Hall–Kier alpha value is -1.55.